The third kappa shape index (κ3) is 2.59. The maximum absolute atomic E-state index is 12.1. The highest BCUT2D eigenvalue weighted by atomic mass is 16.7. The third-order valence-electron chi connectivity index (χ3n) is 5.26. The van der Waals surface area contributed by atoms with Gasteiger partial charge >= 0.3 is 0 Å². The van der Waals surface area contributed by atoms with Crippen LogP contribution in [0.5, 0.6) is 11.5 Å². The summed E-state index contributed by atoms with van der Waals surface area (Å²) in [4.78, 5) is 12.1. The number of rotatable bonds is 4. The monoisotopic (exact) mass is 287 g/mol. The molecule has 4 heteroatoms. The Labute approximate surface area is 124 Å². The summed E-state index contributed by atoms with van der Waals surface area (Å²) in [5, 5.41) is 3.04. The number of hydrogen-bond acceptors (Lipinski definition) is 3. The number of fused-ring (bicyclic) bond motifs is 3. The Morgan fingerprint density at radius 3 is 2.90 bits per heavy atom. The van der Waals surface area contributed by atoms with Gasteiger partial charge in [-0.2, -0.15) is 0 Å². The topological polar surface area (TPSA) is 47.6 Å². The van der Waals surface area contributed by atoms with Crippen LogP contribution in [-0.2, 0) is 11.3 Å². The summed E-state index contributed by atoms with van der Waals surface area (Å²) in [6.45, 7) is 0.853. The predicted molar refractivity (Wildman–Crippen MR) is 78.0 cm³/mol. The quantitative estimate of drug-likeness (QED) is 0.926. The molecule has 0 saturated heterocycles. The minimum absolute atomic E-state index is 0.185. The Morgan fingerprint density at radius 1 is 1.19 bits per heavy atom. The second-order valence-electron chi connectivity index (χ2n) is 6.60. The van der Waals surface area contributed by atoms with E-state index in [2.05, 4.69) is 5.32 Å². The van der Waals surface area contributed by atoms with E-state index in [9.17, 15) is 4.79 Å². The first kappa shape index (κ1) is 13.0. The molecular formula is C17H21NO3. The van der Waals surface area contributed by atoms with Crippen LogP contribution < -0.4 is 14.8 Å². The second kappa shape index (κ2) is 5.24. The molecule has 4 rings (SSSR count). The molecule has 21 heavy (non-hydrogen) atoms. The van der Waals surface area contributed by atoms with E-state index in [0.29, 0.717) is 18.9 Å². The summed E-state index contributed by atoms with van der Waals surface area (Å²) in [5.74, 6) is 4.08. The van der Waals surface area contributed by atoms with Crippen molar-refractivity contribution in [2.75, 3.05) is 6.79 Å². The van der Waals surface area contributed by atoms with Gasteiger partial charge < -0.3 is 14.8 Å². The Morgan fingerprint density at radius 2 is 2.10 bits per heavy atom. The van der Waals surface area contributed by atoms with Crippen molar-refractivity contribution >= 4 is 5.91 Å². The van der Waals surface area contributed by atoms with Gasteiger partial charge in [-0.15, -0.1) is 0 Å². The first-order chi connectivity index (χ1) is 10.3. The molecular weight excluding hydrogens is 266 g/mol. The van der Waals surface area contributed by atoms with Crippen molar-refractivity contribution in [1.29, 1.82) is 0 Å². The molecule has 0 unspecified atom stereocenters. The molecule has 3 atom stereocenters. The van der Waals surface area contributed by atoms with Crippen molar-refractivity contribution in [2.45, 2.75) is 38.6 Å². The molecule has 2 aliphatic carbocycles. The minimum atomic E-state index is 0.185. The number of benzene rings is 1. The van der Waals surface area contributed by atoms with Crippen molar-refractivity contribution in [3.05, 3.63) is 23.8 Å². The molecule has 1 aliphatic heterocycles. The molecule has 4 nitrogen and oxygen atoms in total. The van der Waals surface area contributed by atoms with Crippen LogP contribution in [0.2, 0.25) is 0 Å². The van der Waals surface area contributed by atoms with Crippen LogP contribution in [0, 0.1) is 17.8 Å². The molecule has 1 aromatic carbocycles. The van der Waals surface area contributed by atoms with Gasteiger partial charge in [0.05, 0.1) is 0 Å². The number of carbonyl (C=O) groups excluding carboxylic acids is 1. The Balaban J connectivity index is 1.29. The lowest BCUT2D eigenvalue weighted by molar-refractivity contribution is -0.122. The third-order valence-corrected chi connectivity index (χ3v) is 5.26. The SMILES string of the molecule is O=C(C[C@@H]1C[C@H]2CC[C@H]1C2)NCc1ccc2c(c1)OCO2. The van der Waals surface area contributed by atoms with Crippen molar-refractivity contribution in [3.8, 4) is 11.5 Å². The molecule has 0 spiro atoms. The van der Waals surface area contributed by atoms with E-state index in [-0.39, 0.29) is 12.7 Å². The van der Waals surface area contributed by atoms with Gasteiger partial charge in [0.1, 0.15) is 0 Å². The molecule has 3 aliphatic rings. The molecule has 0 radical (unpaired) electrons. The van der Waals surface area contributed by atoms with Crippen molar-refractivity contribution in [2.24, 2.45) is 17.8 Å². The normalized spacial score (nSPS) is 28.9. The van der Waals surface area contributed by atoms with Crippen LogP contribution >= 0.6 is 0 Å². The minimum Gasteiger partial charge on any atom is -0.454 e. The molecule has 1 amide bonds. The van der Waals surface area contributed by atoms with Gasteiger partial charge in [0.25, 0.3) is 0 Å². The fourth-order valence-corrected chi connectivity index (χ4v) is 4.19. The Kier molecular flexibility index (Phi) is 3.24. The van der Waals surface area contributed by atoms with Crippen LogP contribution in [-0.4, -0.2) is 12.7 Å². The Bertz CT molecular complexity index is 557. The van der Waals surface area contributed by atoms with Crippen LogP contribution in [0.3, 0.4) is 0 Å². The van der Waals surface area contributed by atoms with Gasteiger partial charge in [-0.1, -0.05) is 12.5 Å². The molecule has 2 saturated carbocycles. The summed E-state index contributed by atoms with van der Waals surface area (Å²) in [6.07, 6.45) is 6.05. The van der Waals surface area contributed by atoms with E-state index in [0.717, 1.165) is 28.9 Å². The van der Waals surface area contributed by atoms with E-state index in [1.165, 1.54) is 25.7 Å². The zero-order valence-corrected chi connectivity index (χ0v) is 12.1. The summed E-state index contributed by atoms with van der Waals surface area (Å²) >= 11 is 0. The van der Waals surface area contributed by atoms with Crippen LogP contribution in [0.1, 0.15) is 37.7 Å². The summed E-state index contributed by atoms with van der Waals surface area (Å²) < 4.78 is 10.6. The maximum atomic E-state index is 12.1. The fourth-order valence-electron chi connectivity index (χ4n) is 4.19. The average Bonchev–Trinajstić information content (AvgIpc) is 3.20. The van der Waals surface area contributed by atoms with Crippen molar-refractivity contribution in [1.82, 2.24) is 5.32 Å². The zero-order valence-electron chi connectivity index (χ0n) is 12.1. The Hall–Kier alpha value is -1.71. The van der Waals surface area contributed by atoms with Gasteiger partial charge in [-0.3, -0.25) is 4.79 Å². The molecule has 1 aromatic rings. The lowest BCUT2D eigenvalue weighted by Gasteiger charge is -2.20. The average molecular weight is 287 g/mol. The molecule has 1 N–H and O–H groups in total. The molecule has 2 fully saturated rings. The molecule has 112 valence electrons. The number of carbonyl (C=O) groups is 1. The van der Waals surface area contributed by atoms with Gasteiger partial charge in [0, 0.05) is 13.0 Å². The van der Waals surface area contributed by atoms with Crippen molar-refractivity contribution < 1.29 is 14.3 Å². The van der Waals surface area contributed by atoms with Crippen molar-refractivity contribution in [3.63, 3.8) is 0 Å². The van der Waals surface area contributed by atoms with E-state index in [4.69, 9.17) is 9.47 Å². The highest BCUT2D eigenvalue weighted by Crippen LogP contribution is 2.49. The predicted octanol–water partition coefficient (Wildman–Crippen LogP) is 2.86. The maximum Gasteiger partial charge on any atom is 0.231 e. The van der Waals surface area contributed by atoms with E-state index < -0.39 is 0 Å². The van der Waals surface area contributed by atoms with E-state index >= 15 is 0 Å². The summed E-state index contributed by atoms with van der Waals surface area (Å²) in [5.41, 5.74) is 1.06. The van der Waals surface area contributed by atoms with Crippen LogP contribution in [0.15, 0.2) is 18.2 Å². The summed E-state index contributed by atoms with van der Waals surface area (Å²) in [7, 11) is 0. The number of amides is 1. The first-order valence-corrected chi connectivity index (χ1v) is 7.93. The van der Waals surface area contributed by atoms with Gasteiger partial charge in [0.15, 0.2) is 11.5 Å². The lowest BCUT2D eigenvalue weighted by Crippen LogP contribution is -2.26. The van der Waals surface area contributed by atoms with E-state index in [1.54, 1.807) is 0 Å². The number of nitrogens with one attached hydrogen (secondary N) is 1. The highest BCUT2D eigenvalue weighted by molar-refractivity contribution is 5.76. The largest absolute Gasteiger partial charge is 0.454 e. The summed E-state index contributed by atoms with van der Waals surface area (Å²) in [6, 6.07) is 5.82. The smallest absolute Gasteiger partial charge is 0.231 e. The van der Waals surface area contributed by atoms with Crippen LogP contribution in [0.4, 0.5) is 0 Å². The number of hydrogen-bond donors (Lipinski definition) is 1. The molecule has 0 aromatic heterocycles. The zero-order chi connectivity index (χ0) is 14.2. The van der Waals surface area contributed by atoms with E-state index in [1.807, 2.05) is 18.2 Å². The first-order valence-electron chi connectivity index (χ1n) is 7.93. The molecule has 1 heterocycles. The second-order valence-corrected chi connectivity index (χ2v) is 6.60. The van der Waals surface area contributed by atoms with Crippen LogP contribution in [0.25, 0.3) is 0 Å². The molecule has 2 bridgehead atoms. The van der Waals surface area contributed by atoms with Gasteiger partial charge in [-0.25, -0.2) is 0 Å². The highest BCUT2D eigenvalue weighted by Gasteiger charge is 2.39. The standard InChI is InChI=1S/C17H21NO3/c19-17(8-14-6-11-1-3-13(14)5-11)18-9-12-2-4-15-16(7-12)21-10-20-15/h2,4,7,11,13-14H,1,3,5-6,8-10H2,(H,18,19)/t11-,13-,14-/m0/s1. The number of ether oxygens (including phenoxy) is 2. The fraction of sp³-hybridized carbons (Fsp3) is 0.588. The van der Waals surface area contributed by atoms with Gasteiger partial charge in [0.2, 0.25) is 12.7 Å². The van der Waals surface area contributed by atoms with Gasteiger partial charge in [-0.05, 0) is 54.7 Å². The lowest BCUT2D eigenvalue weighted by atomic mass is 9.86.